The Labute approximate surface area is 339 Å². The Morgan fingerprint density at radius 1 is 0.345 bits per heavy atom. The predicted molar refractivity (Wildman–Crippen MR) is 246 cm³/mol. The molecule has 12 rings (SSSR count). The highest BCUT2D eigenvalue weighted by atomic mass is 32.1. The van der Waals surface area contributed by atoms with Gasteiger partial charge in [0.25, 0.3) is 0 Å². The van der Waals surface area contributed by atoms with Crippen molar-refractivity contribution in [1.29, 1.82) is 0 Å². The van der Waals surface area contributed by atoms with Crippen molar-refractivity contribution in [3.8, 4) is 27.9 Å². The second kappa shape index (κ2) is 13.2. The number of fused-ring (bicyclic) bond motifs is 9. The third kappa shape index (κ3) is 5.32. The minimum Gasteiger partial charge on any atom is -0.456 e. The molecule has 0 fully saturated rings. The molecule has 0 aliphatic heterocycles. The maximum atomic E-state index is 6.32. The zero-order valence-corrected chi connectivity index (χ0v) is 32.3. The zero-order chi connectivity index (χ0) is 38.2. The van der Waals surface area contributed by atoms with Gasteiger partial charge in [-0.05, 0) is 87.5 Å². The van der Waals surface area contributed by atoms with Gasteiger partial charge in [-0.25, -0.2) is 0 Å². The lowest BCUT2D eigenvalue weighted by Gasteiger charge is -2.20. The summed E-state index contributed by atoms with van der Waals surface area (Å²) in [6, 6.07) is 75.3. The molecule has 3 heterocycles. The lowest BCUT2D eigenvalue weighted by Crippen LogP contribution is -2.03. The largest absolute Gasteiger partial charge is 0.456 e. The molecule has 58 heavy (non-hydrogen) atoms. The Morgan fingerprint density at radius 3 is 1.72 bits per heavy atom. The minimum absolute atomic E-state index is 0.0815. The number of furan rings is 1. The summed E-state index contributed by atoms with van der Waals surface area (Å²) in [7, 11) is 0. The van der Waals surface area contributed by atoms with Crippen LogP contribution in [0.4, 0.5) is 0 Å². The third-order valence-electron chi connectivity index (χ3n) is 12.0. The van der Waals surface area contributed by atoms with Crippen molar-refractivity contribution in [2.45, 2.75) is 5.92 Å². The molecule has 0 spiro atoms. The van der Waals surface area contributed by atoms with Crippen molar-refractivity contribution in [3.63, 3.8) is 0 Å². The number of thiophene rings is 1. The van der Waals surface area contributed by atoms with Gasteiger partial charge in [0, 0.05) is 59.4 Å². The van der Waals surface area contributed by atoms with E-state index < -0.39 is 0 Å². The lowest BCUT2D eigenvalue weighted by atomic mass is 9.83. The molecule has 0 N–H and O–H groups in total. The van der Waals surface area contributed by atoms with E-state index in [0.717, 1.165) is 27.6 Å². The molecule has 0 bridgehead atoms. The van der Waals surface area contributed by atoms with Crippen LogP contribution < -0.4 is 0 Å². The van der Waals surface area contributed by atoms with Gasteiger partial charge in [0.2, 0.25) is 0 Å². The summed E-state index contributed by atoms with van der Waals surface area (Å²) in [5.41, 5.74) is 14.0. The number of hydrogen-bond acceptors (Lipinski definition) is 2. The van der Waals surface area contributed by atoms with Crippen molar-refractivity contribution in [1.82, 2.24) is 4.57 Å². The fourth-order valence-corrected chi connectivity index (χ4v) is 10.3. The van der Waals surface area contributed by atoms with Gasteiger partial charge in [0.05, 0.1) is 11.0 Å². The van der Waals surface area contributed by atoms with Crippen molar-refractivity contribution in [2.75, 3.05) is 0 Å². The van der Waals surface area contributed by atoms with E-state index in [0.29, 0.717) is 0 Å². The van der Waals surface area contributed by atoms with Crippen LogP contribution in [0.1, 0.15) is 22.6 Å². The van der Waals surface area contributed by atoms with Gasteiger partial charge in [-0.15, -0.1) is 11.3 Å². The number of benzene rings is 9. The molecule has 0 aliphatic rings. The quantitative estimate of drug-likeness (QED) is 0.155. The normalized spacial score (nSPS) is 12.4. The monoisotopic (exact) mass is 757 g/mol. The van der Waals surface area contributed by atoms with Crippen LogP contribution >= 0.6 is 11.3 Å². The van der Waals surface area contributed by atoms with E-state index in [1.165, 1.54) is 80.9 Å². The molecule has 0 aliphatic carbocycles. The number of para-hydroxylation sites is 2. The second-order valence-electron chi connectivity index (χ2n) is 15.3. The predicted octanol–water partition coefficient (Wildman–Crippen LogP) is 15.6. The Bertz CT molecular complexity index is 3500. The Morgan fingerprint density at radius 2 is 0.914 bits per heavy atom. The van der Waals surface area contributed by atoms with E-state index in [2.05, 4.69) is 199 Å². The highest BCUT2D eigenvalue weighted by Crippen LogP contribution is 2.41. The van der Waals surface area contributed by atoms with Crippen molar-refractivity contribution in [2.24, 2.45) is 0 Å². The first-order valence-electron chi connectivity index (χ1n) is 19.9. The first-order chi connectivity index (χ1) is 28.7. The van der Waals surface area contributed by atoms with Crippen LogP contribution in [-0.2, 0) is 0 Å². The Hall–Kier alpha value is -7.20. The molecular formula is C55H35NOS. The average molecular weight is 758 g/mol. The summed E-state index contributed by atoms with van der Waals surface area (Å²) < 4.78 is 11.3. The Kier molecular flexibility index (Phi) is 7.51. The van der Waals surface area contributed by atoms with Crippen molar-refractivity contribution >= 4 is 75.3 Å². The van der Waals surface area contributed by atoms with E-state index in [-0.39, 0.29) is 5.92 Å². The average Bonchev–Trinajstić information content (AvgIpc) is 3.96. The molecule has 12 aromatic rings. The van der Waals surface area contributed by atoms with E-state index in [1.807, 2.05) is 23.5 Å². The van der Waals surface area contributed by atoms with Crippen LogP contribution in [0.15, 0.2) is 211 Å². The van der Waals surface area contributed by atoms with Gasteiger partial charge >= 0.3 is 0 Å². The molecule has 272 valence electrons. The molecule has 1 atom stereocenters. The maximum absolute atomic E-state index is 6.32. The van der Waals surface area contributed by atoms with Crippen molar-refractivity contribution in [3.05, 3.63) is 223 Å². The summed E-state index contributed by atoms with van der Waals surface area (Å²) in [6.45, 7) is 0. The van der Waals surface area contributed by atoms with Gasteiger partial charge in [-0.2, -0.15) is 0 Å². The summed E-state index contributed by atoms with van der Waals surface area (Å²) in [5.74, 6) is 0.0815. The van der Waals surface area contributed by atoms with E-state index >= 15 is 0 Å². The first-order valence-corrected chi connectivity index (χ1v) is 20.7. The SMILES string of the molecule is c1ccc(-c2ccc(C(c3ccc(-c4ccc5c(c4)c4ccccc4n5-c4ccc5c(c4)oc4ccccc45)cc3)c3ccc4c(c3)sc3ccccc34)cc2)cc1. The maximum Gasteiger partial charge on any atom is 0.137 e. The van der Waals surface area contributed by atoms with Crippen LogP contribution in [0.3, 0.4) is 0 Å². The van der Waals surface area contributed by atoms with E-state index in [9.17, 15) is 0 Å². The van der Waals surface area contributed by atoms with Gasteiger partial charge in [0.15, 0.2) is 0 Å². The molecule has 3 heteroatoms. The first kappa shape index (κ1) is 33.0. The molecule has 0 saturated carbocycles. The van der Waals surface area contributed by atoms with E-state index in [1.54, 1.807) is 0 Å². The molecule has 0 saturated heterocycles. The summed E-state index contributed by atoms with van der Waals surface area (Å²) >= 11 is 1.88. The second-order valence-corrected chi connectivity index (χ2v) is 16.3. The summed E-state index contributed by atoms with van der Waals surface area (Å²) in [4.78, 5) is 0. The standard InChI is InChI=1S/C55H35NOS/c1-2-10-35(11-3-1)36-18-22-38(23-19-36)55(41-26-29-47-46-14-6-9-17-53(46)58-54(47)33-41)39-24-20-37(21-25-39)40-27-31-50-48(32-40)43-12-4-7-15-49(43)56(50)42-28-30-45-44-13-5-8-16-51(44)57-52(45)34-42/h1-34,55H. The summed E-state index contributed by atoms with van der Waals surface area (Å²) in [5, 5.41) is 7.40. The molecule has 1 unspecified atom stereocenters. The highest BCUT2D eigenvalue weighted by molar-refractivity contribution is 7.25. The molecular weight excluding hydrogens is 723 g/mol. The zero-order valence-electron chi connectivity index (χ0n) is 31.5. The lowest BCUT2D eigenvalue weighted by molar-refractivity contribution is 0.668. The van der Waals surface area contributed by atoms with Crippen LogP contribution in [0.25, 0.3) is 91.9 Å². The number of hydrogen-bond donors (Lipinski definition) is 0. The van der Waals surface area contributed by atoms with Crippen LogP contribution in [-0.4, -0.2) is 4.57 Å². The molecule has 0 radical (unpaired) electrons. The fourth-order valence-electron chi connectivity index (χ4n) is 9.15. The van der Waals surface area contributed by atoms with Gasteiger partial charge in [-0.1, -0.05) is 152 Å². The highest BCUT2D eigenvalue weighted by Gasteiger charge is 2.20. The minimum atomic E-state index is 0.0815. The van der Waals surface area contributed by atoms with Gasteiger partial charge in [-0.3, -0.25) is 0 Å². The van der Waals surface area contributed by atoms with Gasteiger partial charge < -0.3 is 8.98 Å². The number of rotatable bonds is 6. The number of aromatic nitrogens is 1. The molecule has 2 nitrogen and oxygen atoms in total. The van der Waals surface area contributed by atoms with Crippen LogP contribution in [0.5, 0.6) is 0 Å². The molecule has 9 aromatic carbocycles. The van der Waals surface area contributed by atoms with E-state index in [4.69, 9.17) is 4.42 Å². The molecule has 0 amide bonds. The summed E-state index contributed by atoms with van der Waals surface area (Å²) in [6.07, 6.45) is 0. The number of nitrogens with zero attached hydrogens (tertiary/aromatic N) is 1. The topological polar surface area (TPSA) is 18.1 Å². The van der Waals surface area contributed by atoms with Crippen LogP contribution in [0.2, 0.25) is 0 Å². The third-order valence-corrected chi connectivity index (χ3v) is 13.1. The fraction of sp³-hybridized carbons (Fsp3) is 0.0182. The molecule has 3 aromatic heterocycles. The van der Waals surface area contributed by atoms with Gasteiger partial charge in [0.1, 0.15) is 11.2 Å². The smallest absolute Gasteiger partial charge is 0.137 e. The Balaban J connectivity index is 0.946. The van der Waals surface area contributed by atoms with Crippen LogP contribution in [0, 0.1) is 0 Å². The van der Waals surface area contributed by atoms with Crippen molar-refractivity contribution < 1.29 is 4.42 Å².